The molecule has 5 heteroatoms. The normalized spacial score (nSPS) is 23.4. The Morgan fingerprint density at radius 1 is 1.30 bits per heavy atom. The molecule has 0 radical (unpaired) electrons. The van der Waals surface area contributed by atoms with Gasteiger partial charge in [0.25, 0.3) is 0 Å². The first kappa shape index (κ1) is 15.2. The van der Waals surface area contributed by atoms with Crippen molar-refractivity contribution in [3.05, 3.63) is 29.3 Å². The number of nitrogens with zero attached hydrogens (tertiary/aromatic N) is 1. The van der Waals surface area contributed by atoms with E-state index < -0.39 is 18.3 Å². The second-order valence-corrected chi connectivity index (χ2v) is 5.39. The Morgan fingerprint density at radius 3 is 2.55 bits per heavy atom. The minimum absolute atomic E-state index is 0.0684. The summed E-state index contributed by atoms with van der Waals surface area (Å²) in [6.45, 7) is 3.51. The summed E-state index contributed by atoms with van der Waals surface area (Å²) in [5.41, 5.74) is -0.195. The summed E-state index contributed by atoms with van der Waals surface area (Å²) in [7, 11) is 0. The molecule has 1 aromatic rings. The van der Waals surface area contributed by atoms with Crippen LogP contribution in [0.15, 0.2) is 18.2 Å². The molecule has 20 heavy (non-hydrogen) atoms. The summed E-state index contributed by atoms with van der Waals surface area (Å²) in [5, 5.41) is 9.07. The van der Waals surface area contributed by atoms with Gasteiger partial charge in [0.1, 0.15) is 0 Å². The molecule has 0 bridgehead atoms. The fourth-order valence-corrected chi connectivity index (χ4v) is 3.06. The molecule has 2 nitrogen and oxygen atoms in total. The van der Waals surface area contributed by atoms with Crippen molar-refractivity contribution < 1.29 is 18.3 Å². The van der Waals surface area contributed by atoms with Crippen molar-refractivity contribution in [2.24, 2.45) is 0 Å². The van der Waals surface area contributed by atoms with E-state index in [2.05, 4.69) is 11.8 Å². The van der Waals surface area contributed by atoms with E-state index in [0.29, 0.717) is 11.7 Å². The van der Waals surface area contributed by atoms with Crippen molar-refractivity contribution in [2.45, 2.75) is 58.0 Å². The smallest absolute Gasteiger partial charge is 0.392 e. The van der Waals surface area contributed by atoms with Crippen LogP contribution in [0.1, 0.15) is 44.2 Å². The lowest BCUT2D eigenvalue weighted by Gasteiger charge is -2.31. The van der Waals surface area contributed by atoms with Crippen LogP contribution in [0.2, 0.25) is 0 Å². The lowest BCUT2D eigenvalue weighted by Crippen LogP contribution is -2.34. The summed E-state index contributed by atoms with van der Waals surface area (Å²) in [6.07, 6.45) is -1.49. The van der Waals surface area contributed by atoms with Crippen molar-refractivity contribution in [2.75, 3.05) is 4.90 Å². The number of aliphatic hydroxyl groups excluding tert-OH is 1. The lowest BCUT2D eigenvalue weighted by atomic mass is 10.0. The second kappa shape index (κ2) is 5.64. The zero-order valence-electron chi connectivity index (χ0n) is 11.7. The minimum Gasteiger partial charge on any atom is -0.392 e. The average molecular weight is 287 g/mol. The molecule has 1 aromatic carbocycles. The van der Waals surface area contributed by atoms with Gasteiger partial charge in [0.2, 0.25) is 0 Å². The molecule has 1 N–H and O–H groups in total. The van der Waals surface area contributed by atoms with Crippen molar-refractivity contribution in [3.8, 4) is 0 Å². The molecule has 1 fully saturated rings. The van der Waals surface area contributed by atoms with Gasteiger partial charge in [0.05, 0.1) is 12.2 Å². The van der Waals surface area contributed by atoms with Gasteiger partial charge in [-0.15, -0.1) is 0 Å². The molecule has 0 amide bonds. The van der Waals surface area contributed by atoms with Crippen molar-refractivity contribution in [3.63, 3.8) is 0 Å². The zero-order chi connectivity index (χ0) is 14.9. The van der Waals surface area contributed by atoms with Gasteiger partial charge in [0.15, 0.2) is 0 Å². The number of hydrogen-bond acceptors (Lipinski definition) is 2. The number of halogens is 3. The Labute approximate surface area is 117 Å². The van der Waals surface area contributed by atoms with Gasteiger partial charge in [-0.05, 0) is 43.9 Å². The SMILES string of the molecule is CCC1CCC(C)N1c1ccc(CO)c(C(F)(F)F)c1. The summed E-state index contributed by atoms with van der Waals surface area (Å²) in [5.74, 6) is 0. The zero-order valence-corrected chi connectivity index (χ0v) is 11.7. The highest BCUT2D eigenvalue weighted by Crippen LogP contribution is 2.38. The molecule has 1 saturated heterocycles. The molecule has 2 atom stereocenters. The number of alkyl halides is 3. The minimum atomic E-state index is -4.43. The Hall–Kier alpha value is -1.23. The largest absolute Gasteiger partial charge is 0.416 e. The predicted molar refractivity (Wildman–Crippen MR) is 72.6 cm³/mol. The van der Waals surface area contributed by atoms with Gasteiger partial charge in [0, 0.05) is 17.8 Å². The second-order valence-electron chi connectivity index (χ2n) is 5.39. The summed E-state index contributed by atoms with van der Waals surface area (Å²) < 4.78 is 39.1. The molecule has 2 unspecified atom stereocenters. The van der Waals surface area contributed by atoms with E-state index in [1.54, 1.807) is 6.07 Å². The maximum atomic E-state index is 13.0. The van der Waals surface area contributed by atoms with Crippen LogP contribution >= 0.6 is 0 Å². The van der Waals surface area contributed by atoms with E-state index in [4.69, 9.17) is 5.11 Å². The maximum absolute atomic E-state index is 13.0. The van der Waals surface area contributed by atoms with Crippen molar-refractivity contribution in [1.82, 2.24) is 0 Å². The van der Waals surface area contributed by atoms with Gasteiger partial charge in [-0.3, -0.25) is 0 Å². The van der Waals surface area contributed by atoms with Crippen LogP contribution in [0.25, 0.3) is 0 Å². The molecule has 2 rings (SSSR count). The van der Waals surface area contributed by atoms with Crippen LogP contribution in [0.5, 0.6) is 0 Å². The van der Waals surface area contributed by atoms with Crippen LogP contribution in [-0.2, 0) is 12.8 Å². The van der Waals surface area contributed by atoms with Gasteiger partial charge < -0.3 is 10.0 Å². The highest BCUT2D eigenvalue weighted by molar-refractivity contribution is 5.54. The summed E-state index contributed by atoms with van der Waals surface area (Å²) in [4.78, 5) is 2.08. The Kier molecular flexibility index (Phi) is 4.28. The van der Waals surface area contributed by atoms with Crippen molar-refractivity contribution >= 4 is 5.69 Å². The standard InChI is InChI=1S/C15H20F3NO/c1-3-12-6-4-10(2)19(12)13-7-5-11(9-20)14(8-13)15(16,17)18/h5,7-8,10,12,20H,3-4,6,9H2,1-2H3. The highest BCUT2D eigenvalue weighted by atomic mass is 19.4. The fourth-order valence-electron chi connectivity index (χ4n) is 3.06. The van der Waals surface area contributed by atoms with Gasteiger partial charge in [-0.2, -0.15) is 13.2 Å². The van der Waals surface area contributed by atoms with Crippen molar-refractivity contribution in [1.29, 1.82) is 0 Å². The third-order valence-corrected chi connectivity index (χ3v) is 4.12. The number of anilines is 1. The van der Waals surface area contributed by atoms with Crippen LogP contribution in [-0.4, -0.2) is 17.2 Å². The number of hydrogen-bond donors (Lipinski definition) is 1. The van der Waals surface area contributed by atoms with E-state index in [0.717, 1.165) is 19.3 Å². The highest BCUT2D eigenvalue weighted by Gasteiger charge is 2.35. The maximum Gasteiger partial charge on any atom is 0.416 e. The molecule has 1 heterocycles. The van der Waals surface area contributed by atoms with Crippen LogP contribution in [0.4, 0.5) is 18.9 Å². The van der Waals surface area contributed by atoms with Crippen LogP contribution in [0, 0.1) is 0 Å². The number of benzene rings is 1. The molecule has 112 valence electrons. The Bertz CT molecular complexity index is 473. The summed E-state index contributed by atoms with van der Waals surface area (Å²) >= 11 is 0. The molecular weight excluding hydrogens is 267 g/mol. The molecule has 0 saturated carbocycles. The first-order valence-corrected chi connectivity index (χ1v) is 6.97. The first-order chi connectivity index (χ1) is 9.38. The van der Waals surface area contributed by atoms with Gasteiger partial charge >= 0.3 is 6.18 Å². The molecule has 0 aliphatic carbocycles. The average Bonchev–Trinajstić information content (AvgIpc) is 2.78. The number of rotatable bonds is 3. The Morgan fingerprint density at radius 2 is 2.00 bits per heavy atom. The van der Waals surface area contributed by atoms with E-state index >= 15 is 0 Å². The van der Waals surface area contributed by atoms with E-state index in [9.17, 15) is 13.2 Å². The van der Waals surface area contributed by atoms with E-state index in [1.807, 2.05) is 6.92 Å². The third kappa shape index (κ3) is 2.77. The van der Waals surface area contributed by atoms with E-state index in [1.165, 1.54) is 12.1 Å². The predicted octanol–water partition coefficient (Wildman–Crippen LogP) is 3.97. The van der Waals surface area contributed by atoms with E-state index in [-0.39, 0.29) is 11.6 Å². The number of aliphatic hydroxyl groups is 1. The Balaban J connectivity index is 2.43. The third-order valence-electron chi connectivity index (χ3n) is 4.12. The topological polar surface area (TPSA) is 23.5 Å². The fraction of sp³-hybridized carbons (Fsp3) is 0.600. The molecule has 0 spiro atoms. The molecular formula is C15H20F3NO. The van der Waals surface area contributed by atoms with Crippen LogP contribution in [0.3, 0.4) is 0 Å². The summed E-state index contributed by atoms with van der Waals surface area (Å²) in [6, 6.07) is 4.80. The molecule has 1 aliphatic rings. The molecule has 1 aliphatic heterocycles. The molecule has 0 aromatic heterocycles. The monoisotopic (exact) mass is 287 g/mol. The van der Waals surface area contributed by atoms with Crippen LogP contribution < -0.4 is 4.90 Å². The quantitative estimate of drug-likeness (QED) is 0.909. The first-order valence-electron chi connectivity index (χ1n) is 6.97. The lowest BCUT2D eigenvalue weighted by molar-refractivity contribution is -0.138. The van der Waals surface area contributed by atoms with Gasteiger partial charge in [-0.1, -0.05) is 13.0 Å². The van der Waals surface area contributed by atoms with Gasteiger partial charge in [-0.25, -0.2) is 0 Å².